The van der Waals surface area contributed by atoms with Crippen molar-refractivity contribution in [3.8, 4) is 0 Å². The van der Waals surface area contributed by atoms with E-state index in [4.69, 9.17) is 9.15 Å². The van der Waals surface area contributed by atoms with Crippen LogP contribution in [0.3, 0.4) is 0 Å². The van der Waals surface area contributed by atoms with Gasteiger partial charge in [0, 0.05) is 19.0 Å². The average molecular weight is 333 g/mol. The van der Waals surface area contributed by atoms with Gasteiger partial charge in [0.1, 0.15) is 12.0 Å². The third-order valence-electron chi connectivity index (χ3n) is 3.97. The summed E-state index contributed by atoms with van der Waals surface area (Å²) < 4.78 is 47.3. The van der Waals surface area contributed by atoms with Crippen LogP contribution < -0.4 is 0 Å². The number of carbonyl (C=O) groups is 1. The number of carbonyl (C=O) groups excluding carboxylic acids is 1. The molecular formula is C14H18F3N3O3. The molecule has 2 fully saturated rings. The van der Waals surface area contributed by atoms with Gasteiger partial charge >= 0.3 is 12.3 Å². The van der Waals surface area contributed by atoms with E-state index in [-0.39, 0.29) is 29.7 Å². The number of nitrogens with zero attached hydrogens (tertiary/aromatic N) is 3. The van der Waals surface area contributed by atoms with Gasteiger partial charge in [-0.2, -0.15) is 13.2 Å². The lowest BCUT2D eigenvalue weighted by Gasteiger charge is -2.25. The largest absolute Gasteiger partial charge is 0.444 e. The van der Waals surface area contributed by atoms with Crippen LogP contribution in [-0.4, -0.2) is 46.1 Å². The van der Waals surface area contributed by atoms with Gasteiger partial charge in [0.05, 0.1) is 0 Å². The molecule has 1 aliphatic heterocycles. The van der Waals surface area contributed by atoms with Crippen molar-refractivity contribution in [2.45, 2.75) is 44.9 Å². The van der Waals surface area contributed by atoms with E-state index in [9.17, 15) is 18.0 Å². The number of rotatable bonds is 2. The number of fused-ring (bicyclic) bond motifs is 1. The lowest BCUT2D eigenvalue weighted by atomic mass is 10.2. The van der Waals surface area contributed by atoms with Crippen molar-refractivity contribution < 1.29 is 27.1 Å². The minimum absolute atomic E-state index is 0.0526. The molecule has 0 spiro atoms. The minimum atomic E-state index is -4.36. The van der Waals surface area contributed by atoms with Gasteiger partial charge in [-0.3, -0.25) is 0 Å². The smallest absolute Gasteiger partial charge is 0.410 e. The number of hydrogen-bond donors (Lipinski definition) is 0. The molecule has 1 amide bonds. The maximum absolute atomic E-state index is 12.3. The predicted octanol–water partition coefficient (Wildman–Crippen LogP) is 2.75. The predicted molar refractivity (Wildman–Crippen MR) is 71.6 cm³/mol. The van der Waals surface area contributed by atoms with Gasteiger partial charge in [-0.25, -0.2) is 4.79 Å². The van der Waals surface area contributed by atoms with Crippen LogP contribution in [0, 0.1) is 11.8 Å². The number of ether oxygens (including phenoxy) is 1. The zero-order valence-electron chi connectivity index (χ0n) is 13.1. The van der Waals surface area contributed by atoms with Crippen molar-refractivity contribution in [1.29, 1.82) is 0 Å². The summed E-state index contributed by atoms with van der Waals surface area (Å²) in [6, 6.07) is 0. The van der Waals surface area contributed by atoms with E-state index in [0.717, 1.165) is 0 Å². The summed E-state index contributed by atoms with van der Waals surface area (Å²) in [7, 11) is 0. The molecule has 0 N–H and O–H groups in total. The summed E-state index contributed by atoms with van der Waals surface area (Å²) in [5.74, 6) is 0.0798. The van der Waals surface area contributed by atoms with E-state index in [1.807, 2.05) is 0 Å². The average Bonchev–Trinajstić information content (AvgIpc) is 2.76. The Morgan fingerprint density at radius 2 is 1.87 bits per heavy atom. The number of likely N-dealkylation sites (tertiary alicyclic amines) is 1. The molecule has 1 saturated heterocycles. The number of piperidine rings is 1. The van der Waals surface area contributed by atoms with Gasteiger partial charge in [-0.1, -0.05) is 0 Å². The third kappa shape index (κ3) is 3.59. The molecule has 1 saturated carbocycles. The zero-order chi connectivity index (χ0) is 17.0. The normalized spacial score (nSPS) is 27.0. The maximum Gasteiger partial charge on any atom is 0.410 e. The van der Waals surface area contributed by atoms with Gasteiger partial charge < -0.3 is 14.1 Å². The molecule has 2 aliphatic rings. The first-order valence-corrected chi connectivity index (χ1v) is 7.40. The Labute approximate surface area is 131 Å². The molecular weight excluding hydrogens is 315 g/mol. The lowest BCUT2D eigenvalue weighted by Crippen LogP contribution is -2.36. The summed E-state index contributed by atoms with van der Waals surface area (Å²) in [5, 5.41) is 7.17. The fourth-order valence-corrected chi connectivity index (χ4v) is 3.01. The monoisotopic (exact) mass is 333 g/mol. The van der Waals surface area contributed by atoms with Crippen molar-refractivity contribution in [2.75, 3.05) is 13.1 Å². The standard InChI is InChI=1S/C14H18F3N3O3/c1-13(2,3)23-12(21)20-5-7-8(6-20)10(7)11-19-18-9(22-11)4-14(15,16)17/h7-8,10H,4-6H2,1-3H3/t7-,8+,10?. The molecule has 0 bridgehead atoms. The summed E-state index contributed by atoms with van der Waals surface area (Å²) in [6.07, 6.45) is -5.95. The quantitative estimate of drug-likeness (QED) is 0.832. The molecule has 6 nitrogen and oxygen atoms in total. The van der Waals surface area contributed by atoms with E-state index in [1.165, 1.54) is 0 Å². The van der Waals surface area contributed by atoms with Crippen molar-refractivity contribution >= 4 is 6.09 Å². The Morgan fingerprint density at radius 3 is 2.39 bits per heavy atom. The molecule has 0 radical (unpaired) electrons. The van der Waals surface area contributed by atoms with Crippen LogP contribution in [-0.2, 0) is 11.2 Å². The first-order chi connectivity index (χ1) is 10.5. The number of amides is 1. The van der Waals surface area contributed by atoms with Crippen LogP contribution in [0.1, 0.15) is 38.5 Å². The highest BCUT2D eigenvalue weighted by molar-refractivity contribution is 5.69. The molecule has 1 aromatic heterocycles. The molecule has 128 valence electrons. The molecule has 3 rings (SSSR count). The second-order valence-electron chi connectivity index (χ2n) is 7.06. The summed E-state index contributed by atoms with van der Waals surface area (Å²) in [4.78, 5) is 13.6. The molecule has 1 aliphatic carbocycles. The molecule has 0 aromatic carbocycles. The first-order valence-electron chi connectivity index (χ1n) is 7.40. The second kappa shape index (κ2) is 5.10. The minimum Gasteiger partial charge on any atom is -0.444 e. The number of alkyl halides is 3. The van der Waals surface area contributed by atoms with Gasteiger partial charge in [0.15, 0.2) is 0 Å². The molecule has 1 aromatic rings. The van der Waals surface area contributed by atoms with Crippen LogP contribution in [0.2, 0.25) is 0 Å². The van der Waals surface area contributed by atoms with Crippen molar-refractivity contribution in [3.05, 3.63) is 11.8 Å². The second-order valence-corrected chi connectivity index (χ2v) is 7.06. The van der Waals surface area contributed by atoms with Crippen LogP contribution in [0.25, 0.3) is 0 Å². The Balaban J connectivity index is 1.55. The Hall–Kier alpha value is -1.80. The zero-order valence-corrected chi connectivity index (χ0v) is 13.1. The molecule has 2 heterocycles. The first kappa shape index (κ1) is 16.1. The van der Waals surface area contributed by atoms with E-state index in [1.54, 1.807) is 25.7 Å². The van der Waals surface area contributed by atoms with Crippen LogP contribution in [0.15, 0.2) is 4.42 Å². The molecule has 9 heteroatoms. The number of aromatic nitrogens is 2. The van der Waals surface area contributed by atoms with Crippen molar-refractivity contribution in [3.63, 3.8) is 0 Å². The third-order valence-corrected chi connectivity index (χ3v) is 3.97. The summed E-state index contributed by atoms with van der Waals surface area (Å²) >= 11 is 0. The van der Waals surface area contributed by atoms with Crippen molar-refractivity contribution in [1.82, 2.24) is 15.1 Å². The SMILES string of the molecule is CC(C)(C)OC(=O)N1C[C@@H]2C(c3nnc(CC(F)(F)F)o3)[C@@H]2C1. The van der Waals surface area contributed by atoms with Gasteiger partial charge in [-0.05, 0) is 32.6 Å². The van der Waals surface area contributed by atoms with Crippen LogP contribution in [0.4, 0.5) is 18.0 Å². The topological polar surface area (TPSA) is 68.5 Å². The lowest BCUT2D eigenvalue weighted by molar-refractivity contribution is -0.131. The van der Waals surface area contributed by atoms with Gasteiger partial charge in [0.2, 0.25) is 11.8 Å². The van der Waals surface area contributed by atoms with Gasteiger partial charge in [0.25, 0.3) is 0 Å². The van der Waals surface area contributed by atoms with Crippen LogP contribution in [0.5, 0.6) is 0 Å². The molecule has 23 heavy (non-hydrogen) atoms. The summed E-state index contributed by atoms with van der Waals surface area (Å²) in [5.41, 5.74) is -0.553. The highest BCUT2D eigenvalue weighted by atomic mass is 19.4. The van der Waals surface area contributed by atoms with Gasteiger partial charge in [-0.15, -0.1) is 10.2 Å². The van der Waals surface area contributed by atoms with Crippen molar-refractivity contribution in [2.24, 2.45) is 11.8 Å². The summed E-state index contributed by atoms with van der Waals surface area (Å²) in [6.45, 7) is 6.39. The number of halogens is 3. The van der Waals surface area contributed by atoms with E-state index < -0.39 is 24.1 Å². The van der Waals surface area contributed by atoms with E-state index in [0.29, 0.717) is 13.1 Å². The highest BCUT2D eigenvalue weighted by Gasteiger charge is 2.60. The van der Waals surface area contributed by atoms with E-state index >= 15 is 0 Å². The Bertz CT molecular complexity index is 596. The highest BCUT2D eigenvalue weighted by Crippen LogP contribution is 2.57. The Morgan fingerprint density at radius 1 is 1.26 bits per heavy atom. The van der Waals surface area contributed by atoms with Crippen LogP contribution >= 0.6 is 0 Å². The molecule has 1 unspecified atom stereocenters. The maximum atomic E-state index is 12.3. The fourth-order valence-electron chi connectivity index (χ4n) is 3.01. The van der Waals surface area contributed by atoms with E-state index in [2.05, 4.69) is 10.2 Å². The molecule has 3 atom stereocenters. The fraction of sp³-hybridized carbons (Fsp3) is 0.786. The number of hydrogen-bond acceptors (Lipinski definition) is 5. The Kier molecular flexibility index (Phi) is 3.57.